The van der Waals surface area contributed by atoms with Gasteiger partial charge < -0.3 is 11.1 Å². The molecule has 19 heavy (non-hydrogen) atoms. The molecule has 4 heteroatoms. The smallest absolute Gasteiger partial charge is 0.252 e. The third-order valence-electron chi connectivity index (χ3n) is 3.18. The monoisotopic (exact) mass is 274 g/mol. The third kappa shape index (κ3) is 2.96. The van der Waals surface area contributed by atoms with Gasteiger partial charge in [-0.15, -0.1) is 11.3 Å². The Hall–Kier alpha value is -1.81. The van der Waals surface area contributed by atoms with E-state index in [2.05, 4.69) is 5.32 Å². The SMILES string of the molecule is Cc1cc(C)c(C(=O)NC(C)c2cccs2)cc1N. The van der Waals surface area contributed by atoms with Crippen molar-refractivity contribution < 1.29 is 4.79 Å². The van der Waals surface area contributed by atoms with Crippen molar-refractivity contribution in [3.8, 4) is 0 Å². The first-order valence-electron chi connectivity index (χ1n) is 6.20. The summed E-state index contributed by atoms with van der Waals surface area (Å²) in [5.74, 6) is -0.0786. The number of carbonyl (C=O) groups is 1. The van der Waals surface area contributed by atoms with Crippen molar-refractivity contribution >= 4 is 22.9 Å². The van der Waals surface area contributed by atoms with Gasteiger partial charge in [-0.1, -0.05) is 12.1 Å². The lowest BCUT2D eigenvalue weighted by Gasteiger charge is -2.14. The van der Waals surface area contributed by atoms with Gasteiger partial charge in [-0.25, -0.2) is 0 Å². The summed E-state index contributed by atoms with van der Waals surface area (Å²) in [6, 6.07) is 7.71. The number of benzene rings is 1. The molecule has 0 aliphatic rings. The second kappa shape index (κ2) is 5.45. The molecule has 0 fully saturated rings. The van der Waals surface area contributed by atoms with Crippen molar-refractivity contribution in [3.63, 3.8) is 0 Å². The summed E-state index contributed by atoms with van der Waals surface area (Å²) in [7, 11) is 0. The van der Waals surface area contributed by atoms with Gasteiger partial charge in [0.05, 0.1) is 6.04 Å². The number of aryl methyl sites for hydroxylation is 2. The molecule has 3 nitrogen and oxygen atoms in total. The highest BCUT2D eigenvalue weighted by molar-refractivity contribution is 7.10. The van der Waals surface area contributed by atoms with Gasteiger partial charge in [-0.3, -0.25) is 4.79 Å². The molecule has 0 bridgehead atoms. The number of nitrogens with two attached hydrogens (primary N) is 1. The van der Waals surface area contributed by atoms with Crippen LogP contribution in [0.2, 0.25) is 0 Å². The maximum atomic E-state index is 12.3. The summed E-state index contributed by atoms with van der Waals surface area (Å²) >= 11 is 1.64. The van der Waals surface area contributed by atoms with Crippen molar-refractivity contribution in [2.24, 2.45) is 0 Å². The highest BCUT2D eigenvalue weighted by Crippen LogP contribution is 2.21. The van der Waals surface area contributed by atoms with Crippen molar-refractivity contribution in [3.05, 3.63) is 51.2 Å². The van der Waals surface area contributed by atoms with E-state index in [-0.39, 0.29) is 11.9 Å². The minimum absolute atomic E-state index is 0.00873. The maximum Gasteiger partial charge on any atom is 0.252 e. The van der Waals surface area contributed by atoms with Gasteiger partial charge >= 0.3 is 0 Å². The summed E-state index contributed by atoms with van der Waals surface area (Å²) in [6.45, 7) is 5.85. The molecule has 0 aliphatic carbocycles. The third-order valence-corrected chi connectivity index (χ3v) is 4.23. The Bertz CT molecular complexity index is 590. The van der Waals surface area contributed by atoms with Crippen LogP contribution in [0.15, 0.2) is 29.6 Å². The molecule has 1 aromatic carbocycles. The van der Waals surface area contributed by atoms with Crippen molar-refractivity contribution in [2.75, 3.05) is 5.73 Å². The van der Waals surface area contributed by atoms with Gasteiger partial charge in [-0.2, -0.15) is 0 Å². The molecule has 2 rings (SSSR count). The van der Waals surface area contributed by atoms with Crippen molar-refractivity contribution in [1.29, 1.82) is 0 Å². The lowest BCUT2D eigenvalue weighted by Crippen LogP contribution is -2.27. The first kappa shape index (κ1) is 13.6. The van der Waals surface area contributed by atoms with Gasteiger partial charge in [0, 0.05) is 16.1 Å². The Morgan fingerprint density at radius 2 is 2.05 bits per heavy atom. The quantitative estimate of drug-likeness (QED) is 0.842. The van der Waals surface area contributed by atoms with Crippen LogP contribution in [-0.4, -0.2) is 5.91 Å². The summed E-state index contributed by atoms with van der Waals surface area (Å²) < 4.78 is 0. The minimum Gasteiger partial charge on any atom is -0.398 e. The summed E-state index contributed by atoms with van der Waals surface area (Å²) in [5, 5.41) is 5.01. The standard InChI is InChI=1S/C15H18N2OS/c1-9-7-10(2)13(16)8-12(9)15(18)17-11(3)14-5-4-6-19-14/h4-8,11H,16H2,1-3H3,(H,17,18). The minimum atomic E-state index is -0.0786. The highest BCUT2D eigenvalue weighted by Gasteiger charge is 2.15. The number of anilines is 1. The van der Waals surface area contributed by atoms with E-state index in [9.17, 15) is 4.79 Å². The topological polar surface area (TPSA) is 55.1 Å². The highest BCUT2D eigenvalue weighted by atomic mass is 32.1. The maximum absolute atomic E-state index is 12.3. The molecule has 100 valence electrons. The van der Waals surface area contributed by atoms with E-state index in [0.29, 0.717) is 11.3 Å². The van der Waals surface area contributed by atoms with Crippen LogP contribution < -0.4 is 11.1 Å². The summed E-state index contributed by atoms with van der Waals surface area (Å²) in [6.07, 6.45) is 0. The van der Waals surface area contributed by atoms with E-state index >= 15 is 0 Å². The van der Waals surface area contributed by atoms with Crippen molar-refractivity contribution in [1.82, 2.24) is 5.32 Å². The largest absolute Gasteiger partial charge is 0.398 e. The van der Waals surface area contributed by atoms with Gasteiger partial charge in [0.25, 0.3) is 5.91 Å². The molecule has 0 saturated heterocycles. The molecular formula is C15H18N2OS. The first-order valence-corrected chi connectivity index (χ1v) is 7.08. The Labute approximate surface area is 117 Å². The molecular weight excluding hydrogens is 256 g/mol. The zero-order valence-electron chi connectivity index (χ0n) is 11.4. The van der Waals surface area contributed by atoms with Crippen LogP contribution in [0.5, 0.6) is 0 Å². The fourth-order valence-corrected chi connectivity index (χ4v) is 2.73. The van der Waals surface area contributed by atoms with E-state index in [1.54, 1.807) is 17.4 Å². The van der Waals surface area contributed by atoms with Crippen LogP contribution in [-0.2, 0) is 0 Å². The molecule has 3 N–H and O–H groups in total. The molecule has 0 aliphatic heterocycles. The molecule has 1 heterocycles. The molecule has 1 atom stereocenters. The van der Waals surface area contributed by atoms with Gasteiger partial charge in [0.15, 0.2) is 0 Å². The zero-order chi connectivity index (χ0) is 14.0. The van der Waals surface area contributed by atoms with Crippen molar-refractivity contribution in [2.45, 2.75) is 26.8 Å². The first-order chi connectivity index (χ1) is 8.99. The average Bonchev–Trinajstić information content (AvgIpc) is 2.87. The second-order valence-electron chi connectivity index (χ2n) is 4.73. The van der Waals surface area contributed by atoms with Crippen LogP contribution in [0, 0.1) is 13.8 Å². The number of carbonyl (C=O) groups excluding carboxylic acids is 1. The second-order valence-corrected chi connectivity index (χ2v) is 5.71. The molecule has 1 unspecified atom stereocenters. The Morgan fingerprint density at radius 1 is 1.32 bits per heavy atom. The number of thiophene rings is 1. The number of rotatable bonds is 3. The van der Waals surface area contributed by atoms with Crippen LogP contribution in [0.1, 0.15) is 39.3 Å². The van der Waals surface area contributed by atoms with Gasteiger partial charge in [0.2, 0.25) is 0 Å². The van der Waals surface area contributed by atoms with E-state index < -0.39 is 0 Å². The predicted molar refractivity (Wildman–Crippen MR) is 80.5 cm³/mol. The Morgan fingerprint density at radius 3 is 2.68 bits per heavy atom. The van der Waals surface area contributed by atoms with Gasteiger partial charge in [0.1, 0.15) is 0 Å². The molecule has 1 aromatic heterocycles. The summed E-state index contributed by atoms with van der Waals surface area (Å²) in [5.41, 5.74) is 9.12. The number of nitrogen functional groups attached to an aromatic ring is 1. The molecule has 1 amide bonds. The predicted octanol–water partition coefficient (Wildman–Crippen LogP) is 3.44. The molecule has 0 spiro atoms. The Kier molecular flexibility index (Phi) is 3.90. The molecule has 0 radical (unpaired) electrons. The zero-order valence-corrected chi connectivity index (χ0v) is 12.2. The fraction of sp³-hybridized carbons (Fsp3) is 0.267. The van der Waals surface area contributed by atoms with Crippen LogP contribution in [0.3, 0.4) is 0 Å². The van der Waals surface area contributed by atoms with Gasteiger partial charge in [-0.05, 0) is 49.4 Å². The lowest BCUT2D eigenvalue weighted by molar-refractivity contribution is 0.0940. The fourth-order valence-electron chi connectivity index (χ4n) is 2.00. The average molecular weight is 274 g/mol. The van der Waals surface area contributed by atoms with Crippen LogP contribution >= 0.6 is 11.3 Å². The Balaban J connectivity index is 2.19. The van der Waals surface area contributed by atoms with E-state index in [1.807, 2.05) is 44.4 Å². The lowest BCUT2D eigenvalue weighted by atomic mass is 10.0. The van der Waals surface area contributed by atoms with Crippen LogP contribution in [0.25, 0.3) is 0 Å². The molecule has 2 aromatic rings. The van der Waals surface area contributed by atoms with E-state index in [4.69, 9.17) is 5.73 Å². The number of hydrogen-bond donors (Lipinski definition) is 2. The number of amides is 1. The van der Waals surface area contributed by atoms with Crippen LogP contribution in [0.4, 0.5) is 5.69 Å². The number of nitrogens with one attached hydrogen (secondary N) is 1. The summed E-state index contributed by atoms with van der Waals surface area (Å²) in [4.78, 5) is 13.4. The normalized spacial score (nSPS) is 12.2. The van der Waals surface area contributed by atoms with E-state index in [1.165, 1.54) is 0 Å². The van der Waals surface area contributed by atoms with E-state index in [0.717, 1.165) is 16.0 Å². The number of hydrogen-bond acceptors (Lipinski definition) is 3. The molecule has 0 saturated carbocycles.